The average Bonchev–Trinajstić information content (AvgIpc) is 3.05. The monoisotopic (exact) mass is 448 g/mol. The number of pyridine rings is 1. The van der Waals surface area contributed by atoms with Gasteiger partial charge in [-0.1, -0.05) is 0 Å². The molecule has 4 rings (SSSR count). The normalized spacial score (nSPS) is 18.4. The minimum absolute atomic E-state index is 0.00795. The van der Waals surface area contributed by atoms with Gasteiger partial charge in [0, 0.05) is 51.0 Å². The number of amides is 1. The van der Waals surface area contributed by atoms with Crippen molar-refractivity contribution in [1.82, 2.24) is 14.2 Å². The van der Waals surface area contributed by atoms with E-state index in [0.717, 1.165) is 11.3 Å². The number of piperazine rings is 1. The second-order valence-electron chi connectivity index (χ2n) is 7.86. The number of ether oxygens (including phenoxy) is 1. The van der Waals surface area contributed by atoms with Crippen LogP contribution < -0.4 is 4.90 Å². The minimum Gasteiger partial charge on any atom is -0.466 e. The maximum absolute atomic E-state index is 13.0. The van der Waals surface area contributed by atoms with E-state index in [0.29, 0.717) is 69.6 Å². The number of anilines is 1. The third-order valence-corrected chi connectivity index (χ3v) is 7.88. The van der Waals surface area contributed by atoms with Crippen molar-refractivity contribution in [2.24, 2.45) is 0 Å². The lowest BCUT2D eigenvalue weighted by Crippen LogP contribution is -2.49. The van der Waals surface area contributed by atoms with Crippen molar-refractivity contribution in [2.45, 2.75) is 25.7 Å². The van der Waals surface area contributed by atoms with Gasteiger partial charge in [0.2, 0.25) is 10.0 Å². The van der Waals surface area contributed by atoms with Crippen molar-refractivity contribution in [3.63, 3.8) is 0 Å². The molecule has 168 valence electrons. The molecular formula is C21H28N4O5S. The molecule has 0 aromatic carbocycles. The number of hydrogen-bond donors (Lipinski definition) is 0. The van der Waals surface area contributed by atoms with Gasteiger partial charge < -0.3 is 19.0 Å². The Bertz CT molecular complexity index is 1050. The van der Waals surface area contributed by atoms with Crippen molar-refractivity contribution >= 4 is 21.7 Å². The van der Waals surface area contributed by atoms with E-state index in [2.05, 4.69) is 9.88 Å². The second kappa shape index (κ2) is 8.60. The van der Waals surface area contributed by atoms with Crippen molar-refractivity contribution < 1.29 is 22.4 Å². The zero-order valence-electron chi connectivity index (χ0n) is 18.1. The molecule has 0 bridgehead atoms. The number of hydrogen-bond acceptors (Lipinski definition) is 7. The number of sulfonamides is 1. The molecule has 0 radical (unpaired) electrons. The van der Waals surface area contributed by atoms with Crippen LogP contribution in [0.3, 0.4) is 0 Å². The maximum Gasteiger partial charge on any atom is 0.257 e. The highest BCUT2D eigenvalue weighted by atomic mass is 32.2. The fourth-order valence-corrected chi connectivity index (χ4v) is 5.41. The minimum atomic E-state index is -3.56. The Labute approximate surface area is 182 Å². The first kappa shape index (κ1) is 21.8. The predicted molar refractivity (Wildman–Crippen MR) is 115 cm³/mol. The fourth-order valence-electron chi connectivity index (χ4n) is 4.05. The summed E-state index contributed by atoms with van der Waals surface area (Å²) in [6, 6.07) is 3.34. The molecule has 1 amide bonds. The molecule has 2 aromatic heterocycles. The molecule has 10 heteroatoms. The molecule has 2 saturated heterocycles. The quantitative estimate of drug-likeness (QED) is 0.701. The standard InChI is InChI=1S/C21H28N4O5S/c1-15-16(2)30-17(3)20(15)21(26)24-8-6-23(7-9-24)19-5-4-18(14-22-19)31(27,28)25-10-12-29-13-11-25/h4-5,14H,6-13H2,1-3H3. The lowest BCUT2D eigenvalue weighted by atomic mass is 10.1. The average molecular weight is 449 g/mol. The molecule has 0 saturated carbocycles. The number of carbonyl (C=O) groups excluding carboxylic acids is 1. The molecule has 2 aliphatic rings. The van der Waals surface area contributed by atoms with Crippen LogP contribution in [0.15, 0.2) is 27.6 Å². The summed E-state index contributed by atoms with van der Waals surface area (Å²) in [5, 5.41) is 0. The number of aryl methyl sites for hydroxylation is 2. The van der Waals surface area contributed by atoms with Gasteiger partial charge in [0.25, 0.3) is 5.91 Å². The van der Waals surface area contributed by atoms with Gasteiger partial charge in [0.1, 0.15) is 22.2 Å². The van der Waals surface area contributed by atoms with Crippen molar-refractivity contribution in [1.29, 1.82) is 0 Å². The SMILES string of the molecule is Cc1oc(C)c(C(=O)N2CCN(c3ccc(S(=O)(=O)N4CCOCC4)cn3)CC2)c1C. The van der Waals surface area contributed by atoms with Gasteiger partial charge in [-0.3, -0.25) is 4.79 Å². The smallest absolute Gasteiger partial charge is 0.257 e. The Kier molecular flexibility index (Phi) is 6.05. The summed E-state index contributed by atoms with van der Waals surface area (Å²) in [7, 11) is -3.56. The van der Waals surface area contributed by atoms with Crippen molar-refractivity contribution in [2.75, 3.05) is 57.4 Å². The molecule has 0 atom stereocenters. The summed E-state index contributed by atoms with van der Waals surface area (Å²) >= 11 is 0. The maximum atomic E-state index is 13.0. The molecule has 0 spiro atoms. The fraction of sp³-hybridized carbons (Fsp3) is 0.524. The Morgan fingerprint density at radius 3 is 2.19 bits per heavy atom. The van der Waals surface area contributed by atoms with Gasteiger partial charge >= 0.3 is 0 Å². The number of rotatable bonds is 4. The van der Waals surface area contributed by atoms with E-state index in [1.807, 2.05) is 25.7 Å². The van der Waals surface area contributed by atoms with Gasteiger partial charge in [-0.2, -0.15) is 4.31 Å². The first-order valence-corrected chi connectivity index (χ1v) is 11.9. The Hall–Kier alpha value is -2.43. The molecule has 4 heterocycles. The summed E-state index contributed by atoms with van der Waals surface area (Å²) in [6.45, 7) is 9.51. The van der Waals surface area contributed by atoms with Gasteiger partial charge in [-0.05, 0) is 32.9 Å². The molecule has 2 aromatic rings. The Morgan fingerprint density at radius 2 is 1.65 bits per heavy atom. The molecule has 0 unspecified atom stereocenters. The van der Waals surface area contributed by atoms with E-state index in [4.69, 9.17) is 9.15 Å². The van der Waals surface area contributed by atoms with Crippen LogP contribution in [0.5, 0.6) is 0 Å². The zero-order chi connectivity index (χ0) is 22.2. The third kappa shape index (κ3) is 4.19. The van der Waals surface area contributed by atoms with Crippen LogP contribution in [-0.2, 0) is 14.8 Å². The van der Waals surface area contributed by atoms with Crippen LogP contribution in [0, 0.1) is 20.8 Å². The van der Waals surface area contributed by atoms with Crippen molar-refractivity contribution in [3.05, 3.63) is 41.0 Å². The van der Waals surface area contributed by atoms with E-state index in [9.17, 15) is 13.2 Å². The van der Waals surface area contributed by atoms with Crippen LogP contribution in [0.25, 0.3) is 0 Å². The molecule has 2 aliphatic heterocycles. The van der Waals surface area contributed by atoms with Gasteiger partial charge in [-0.15, -0.1) is 0 Å². The number of aromatic nitrogens is 1. The van der Waals surface area contributed by atoms with Crippen LogP contribution in [0.2, 0.25) is 0 Å². The van der Waals surface area contributed by atoms with Crippen LogP contribution in [-0.4, -0.2) is 81.0 Å². The first-order chi connectivity index (χ1) is 14.8. The van der Waals surface area contributed by atoms with E-state index < -0.39 is 10.0 Å². The van der Waals surface area contributed by atoms with E-state index >= 15 is 0 Å². The number of morpholine rings is 1. The van der Waals surface area contributed by atoms with E-state index in [-0.39, 0.29) is 10.8 Å². The van der Waals surface area contributed by atoms with Gasteiger partial charge in [-0.25, -0.2) is 13.4 Å². The summed E-state index contributed by atoms with van der Waals surface area (Å²) in [5.74, 6) is 2.13. The molecule has 0 N–H and O–H groups in total. The van der Waals surface area contributed by atoms with Crippen LogP contribution in [0.4, 0.5) is 5.82 Å². The first-order valence-electron chi connectivity index (χ1n) is 10.4. The van der Waals surface area contributed by atoms with Gasteiger partial charge in [0.05, 0.1) is 18.8 Å². The molecule has 2 fully saturated rings. The van der Waals surface area contributed by atoms with Crippen LogP contribution >= 0.6 is 0 Å². The second-order valence-corrected chi connectivity index (χ2v) is 9.80. The highest BCUT2D eigenvalue weighted by molar-refractivity contribution is 7.89. The number of nitrogens with zero attached hydrogens (tertiary/aromatic N) is 4. The number of furan rings is 1. The molecule has 0 aliphatic carbocycles. The van der Waals surface area contributed by atoms with E-state index in [1.54, 1.807) is 12.1 Å². The lowest BCUT2D eigenvalue weighted by molar-refractivity contribution is 0.0730. The molecule has 9 nitrogen and oxygen atoms in total. The van der Waals surface area contributed by atoms with Crippen molar-refractivity contribution in [3.8, 4) is 0 Å². The van der Waals surface area contributed by atoms with E-state index in [1.165, 1.54) is 10.5 Å². The third-order valence-electron chi connectivity index (χ3n) is 5.99. The zero-order valence-corrected chi connectivity index (χ0v) is 18.9. The predicted octanol–water partition coefficient (Wildman–Crippen LogP) is 1.58. The molecular weight excluding hydrogens is 420 g/mol. The lowest BCUT2D eigenvalue weighted by Gasteiger charge is -2.35. The summed E-state index contributed by atoms with van der Waals surface area (Å²) in [6.07, 6.45) is 1.42. The Morgan fingerprint density at radius 1 is 0.968 bits per heavy atom. The largest absolute Gasteiger partial charge is 0.466 e. The highest BCUT2D eigenvalue weighted by Crippen LogP contribution is 2.24. The summed E-state index contributed by atoms with van der Waals surface area (Å²) < 4.78 is 37.8. The highest BCUT2D eigenvalue weighted by Gasteiger charge is 2.29. The number of carbonyl (C=O) groups is 1. The van der Waals surface area contributed by atoms with Gasteiger partial charge in [0.15, 0.2) is 0 Å². The summed E-state index contributed by atoms with van der Waals surface area (Å²) in [4.78, 5) is 21.4. The molecule has 31 heavy (non-hydrogen) atoms. The topological polar surface area (TPSA) is 96.2 Å². The summed E-state index contributed by atoms with van der Waals surface area (Å²) in [5.41, 5.74) is 1.55. The Balaban J connectivity index is 1.40. The van der Waals surface area contributed by atoms with Crippen LogP contribution in [0.1, 0.15) is 27.4 Å².